The fourth-order valence-corrected chi connectivity index (χ4v) is 4.80. The highest BCUT2D eigenvalue weighted by Gasteiger charge is 2.44. The lowest BCUT2D eigenvalue weighted by molar-refractivity contribution is -0.151. The van der Waals surface area contributed by atoms with Crippen molar-refractivity contribution >= 4 is 16.0 Å². The van der Waals surface area contributed by atoms with Crippen molar-refractivity contribution in [3.63, 3.8) is 0 Å². The number of sulfonamides is 1. The Morgan fingerprint density at radius 2 is 1.62 bits per heavy atom. The third-order valence-corrected chi connectivity index (χ3v) is 6.88. The smallest absolute Gasteiger partial charge is 0.310 e. The zero-order valence-electron chi connectivity index (χ0n) is 14.1. The standard InChI is InChI=1S/C19H20FNO4S/c20-16-6-8-17(9-7-16)26(24,25)21-12-10-19(11-13-21,18(22)23)14-15-4-2-1-3-5-15/h1-9H,10-14H2,(H,22,23). The van der Waals surface area contributed by atoms with Crippen molar-refractivity contribution < 1.29 is 22.7 Å². The molecule has 0 unspecified atom stereocenters. The number of carboxylic acid groups (broad SMARTS) is 1. The van der Waals surface area contributed by atoms with Crippen LogP contribution in [0.1, 0.15) is 18.4 Å². The number of benzene rings is 2. The highest BCUT2D eigenvalue weighted by molar-refractivity contribution is 7.89. The Labute approximate surface area is 152 Å². The highest BCUT2D eigenvalue weighted by Crippen LogP contribution is 2.37. The molecule has 2 aromatic rings. The van der Waals surface area contributed by atoms with Gasteiger partial charge in [0.15, 0.2) is 0 Å². The highest BCUT2D eigenvalue weighted by atomic mass is 32.2. The van der Waals surface area contributed by atoms with Gasteiger partial charge in [-0.1, -0.05) is 30.3 Å². The number of aliphatic carboxylic acids is 1. The fraction of sp³-hybridized carbons (Fsp3) is 0.316. The van der Waals surface area contributed by atoms with E-state index in [-0.39, 0.29) is 30.8 Å². The molecule has 7 heteroatoms. The third-order valence-electron chi connectivity index (χ3n) is 4.97. The second-order valence-corrected chi connectivity index (χ2v) is 8.54. The Morgan fingerprint density at radius 1 is 1.04 bits per heavy atom. The summed E-state index contributed by atoms with van der Waals surface area (Å²) in [5.41, 5.74) is -0.0550. The first-order valence-corrected chi connectivity index (χ1v) is 9.81. The molecule has 0 bridgehead atoms. The fourth-order valence-electron chi connectivity index (χ4n) is 3.36. The molecule has 26 heavy (non-hydrogen) atoms. The van der Waals surface area contributed by atoms with Crippen LogP contribution in [0.4, 0.5) is 4.39 Å². The Balaban J connectivity index is 1.77. The molecule has 1 saturated heterocycles. The van der Waals surface area contributed by atoms with Gasteiger partial charge in [0, 0.05) is 13.1 Å². The van der Waals surface area contributed by atoms with Crippen LogP contribution in [0.2, 0.25) is 0 Å². The Kier molecular flexibility index (Phi) is 5.11. The normalized spacial score (nSPS) is 17.7. The molecule has 1 N–H and O–H groups in total. The topological polar surface area (TPSA) is 74.7 Å². The maximum atomic E-state index is 13.0. The molecule has 1 aliphatic rings. The molecular formula is C19H20FNO4S. The summed E-state index contributed by atoms with van der Waals surface area (Å²) in [6, 6.07) is 14.0. The summed E-state index contributed by atoms with van der Waals surface area (Å²) < 4.78 is 39.7. The molecule has 0 aromatic heterocycles. The average molecular weight is 377 g/mol. The molecule has 1 aliphatic heterocycles. The van der Waals surface area contributed by atoms with Crippen molar-refractivity contribution in [2.24, 2.45) is 5.41 Å². The largest absolute Gasteiger partial charge is 0.481 e. The summed E-state index contributed by atoms with van der Waals surface area (Å²) >= 11 is 0. The number of piperidine rings is 1. The van der Waals surface area contributed by atoms with E-state index in [9.17, 15) is 22.7 Å². The molecule has 0 amide bonds. The van der Waals surface area contributed by atoms with Gasteiger partial charge in [0.2, 0.25) is 10.0 Å². The van der Waals surface area contributed by atoms with Gasteiger partial charge in [-0.15, -0.1) is 0 Å². The van der Waals surface area contributed by atoms with Crippen LogP contribution in [-0.4, -0.2) is 36.9 Å². The van der Waals surface area contributed by atoms with Gasteiger partial charge in [-0.05, 0) is 49.1 Å². The van der Waals surface area contributed by atoms with Crippen molar-refractivity contribution in [2.75, 3.05) is 13.1 Å². The molecule has 2 aromatic carbocycles. The number of rotatable bonds is 5. The summed E-state index contributed by atoms with van der Waals surface area (Å²) in [7, 11) is -3.75. The van der Waals surface area contributed by atoms with Crippen molar-refractivity contribution in [3.8, 4) is 0 Å². The molecule has 0 spiro atoms. The Hall–Kier alpha value is -2.25. The molecule has 138 valence electrons. The first-order valence-electron chi connectivity index (χ1n) is 8.37. The van der Waals surface area contributed by atoms with Crippen LogP contribution in [-0.2, 0) is 21.2 Å². The van der Waals surface area contributed by atoms with Gasteiger partial charge in [0.1, 0.15) is 5.82 Å². The maximum absolute atomic E-state index is 13.0. The predicted octanol–water partition coefficient (Wildman–Crippen LogP) is 2.92. The van der Waals surface area contributed by atoms with Crippen LogP contribution in [0, 0.1) is 11.2 Å². The van der Waals surface area contributed by atoms with Gasteiger partial charge in [0.25, 0.3) is 0 Å². The monoisotopic (exact) mass is 377 g/mol. The molecule has 5 nitrogen and oxygen atoms in total. The molecular weight excluding hydrogens is 357 g/mol. The van der Waals surface area contributed by atoms with E-state index in [0.717, 1.165) is 17.7 Å². The third kappa shape index (κ3) is 3.64. The lowest BCUT2D eigenvalue weighted by Gasteiger charge is -2.38. The van der Waals surface area contributed by atoms with E-state index >= 15 is 0 Å². The van der Waals surface area contributed by atoms with E-state index in [4.69, 9.17) is 0 Å². The van der Waals surface area contributed by atoms with Gasteiger partial charge in [-0.2, -0.15) is 4.31 Å². The van der Waals surface area contributed by atoms with E-state index in [2.05, 4.69) is 0 Å². The van der Waals surface area contributed by atoms with E-state index in [1.165, 1.54) is 16.4 Å². The number of carbonyl (C=O) groups is 1. The summed E-state index contributed by atoms with van der Waals surface area (Å²) in [4.78, 5) is 12.0. The maximum Gasteiger partial charge on any atom is 0.310 e. The quantitative estimate of drug-likeness (QED) is 0.869. The minimum Gasteiger partial charge on any atom is -0.481 e. The first kappa shape index (κ1) is 18.5. The zero-order chi connectivity index (χ0) is 18.8. The summed E-state index contributed by atoms with van der Waals surface area (Å²) in [5, 5.41) is 9.78. The molecule has 0 radical (unpaired) electrons. The predicted molar refractivity (Wildman–Crippen MR) is 94.6 cm³/mol. The molecule has 0 saturated carbocycles. The molecule has 1 heterocycles. The van der Waals surface area contributed by atoms with Crippen LogP contribution in [0.5, 0.6) is 0 Å². The van der Waals surface area contributed by atoms with Crippen molar-refractivity contribution in [3.05, 3.63) is 66.0 Å². The molecule has 3 rings (SSSR count). The summed E-state index contributed by atoms with van der Waals surface area (Å²) in [6.07, 6.45) is 0.836. The van der Waals surface area contributed by atoms with Crippen molar-refractivity contribution in [1.82, 2.24) is 4.31 Å². The van der Waals surface area contributed by atoms with Crippen LogP contribution >= 0.6 is 0 Å². The Morgan fingerprint density at radius 3 is 2.15 bits per heavy atom. The van der Waals surface area contributed by atoms with E-state index in [1.54, 1.807) is 0 Å². The van der Waals surface area contributed by atoms with Crippen LogP contribution in [0.3, 0.4) is 0 Å². The second-order valence-electron chi connectivity index (χ2n) is 6.61. The molecule has 0 aliphatic carbocycles. The lowest BCUT2D eigenvalue weighted by Crippen LogP contribution is -2.47. The van der Waals surface area contributed by atoms with Crippen molar-refractivity contribution in [1.29, 1.82) is 0 Å². The summed E-state index contributed by atoms with van der Waals surface area (Å²) in [5.74, 6) is -1.41. The van der Waals surface area contributed by atoms with Gasteiger partial charge >= 0.3 is 5.97 Å². The van der Waals surface area contributed by atoms with Gasteiger partial charge < -0.3 is 5.11 Å². The number of hydrogen-bond donors (Lipinski definition) is 1. The number of halogens is 1. The average Bonchev–Trinajstić information content (AvgIpc) is 2.63. The van der Waals surface area contributed by atoms with Crippen molar-refractivity contribution in [2.45, 2.75) is 24.2 Å². The zero-order valence-corrected chi connectivity index (χ0v) is 15.0. The molecule has 1 fully saturated rings. The van der Waals surface area contributed by atoms with Gasteiger partial charge in [-0.25, -0.2) is 12.8 Å². The van der Waals surface area contributed by atoms with E-state index < -0.39 is 27.2 Å². The number of carboxylic acids is 1. The van der Waals surface area contributed by atoms with Crippen LogP contribution < -0.4 is 0 Å². The minimum atomic E-state index is -3.75. The SMILES string of the molecule is O=C(O)C1(Cc2ccccc2)CCN(S(=O)(=O)c2ccc(F)cc2)CC1. The van der Waals surface area contributed by atoms with Gasteiger partial charge in [0.05, 0.1) is 10.3 Å². The first-order chi connectivity index (χ1) is 12.3. The minimum absolute atomic E-state index is 0.0183. The van der Waals surface area contributed by atoms with Crippen LogP contribution in [0.15, 0.2) is 59.5 Å². The lowest BCUT2D eigenvalue weighted by atomic mass is 9.74. The van der Waals surface area contributed by atoms with Gasteiger partial charge in [-0.3, -0.25) is 4.79 Å². The van der Waals surface area contributed by atoms with E-state index in [1.807, 2.05) is 30.3 Å². The second kappa shape index (κ2) is 7.17. The molecule has 0 atom stereocenters. The number of hydrogen-bond acceptors (Lipinski definition) is 3. The summed E-state index contributed by atoms with van der Waals surface area (Å²) in [6.45, 7) is 0.248. The van der Waals surface area contributed by atoms with Crippen LogP contribution in [0.25, 0.3) is 0 Å². The Bertz CT molecular complexity index is 874. The number of nitrogens with zero attached hydrogens (tertiary/aromatic N) is 1. The van der Waals surface area contributed by atoms with E-state index in [0.29, 0.717) is 6.42 Å².